The summed E-state index contributed by atoms with van der Waals surface area (Å²) in [6, 6.07) is 22.2. The van der Waals surface area contributed by atoms with Crippen molar-refractivity contribution in [3.05, 3.63) is 95.3 Å². The fourth-order valence-electron chi connectivity index (χ4n) is 3.15. The first-order valence-corrected chi connectivity index (χ1v) is 12.8. The van der Waals surface area contributed by atoms with Gasteiger partial charge < -0.3 is 0 Å². The summed E-state index contributed by atoms with van der Waals surface area (Å²) in [6.07, 6.45) is 0. The lowest BCUT2D eigenvalue weighted by atomic mass is 10.2. The molecule has 1 heterocycles. The van der Waals surface area contributed by atoms with Gasteiger partial charge in [0.25, 0.3) is 0 Å². The standard InChI is InChI=1S/C23H19ClFN3O2S2/c24-18-10-12-19(13-11-18)32(29,30)15-14-31-23-27-26-22(20-8-4-5-9-21(20)25)28(23)16-17-6-2-1-3-7-17/h1-13H,14-16H2. The van der Waals surface area contributed by atoms with Gasteiger partial charge in [0.1, 0.15) is 5.82 Å². The van der Waals surface area contributed by atoms with Crippen LogP contribution < -0.4 is 0 Å². The molecule has 5 nitrogen and oxygen atoms in total. The van der Waals surface area contributed by atoms with E-state index in [-0.39, 0.29) is 16.4 Å². The maximum Gasteiger partial charge on any atom is 0.191 e. The van der Waals surface area contributed by atoms with Crippen molar-refractivity contribution in [2.75, 3.05) is 11.5 Å². The lowest BCUT2D eigenvalue weighted by Crippen LogP contribution is -2.10. The Kier molecular flexibility index (Phi) is 6.93. The van der Waals surface area contributed by atoms with Crippen LogP contribution in [-0.2, 0) is 16.4 Å². The van der Waals surface area contributed by atoms with E-state index in [2.05, 4.69) is 10.2 Å². The Morgan fingerprint density at radius 1 is 0.906 bits per heavy atom. The van der Waals surface area contributed by atoms with Crippen LogP contribution in [0.1, 0.15) is 5.56 Å². The number of sulfone groups is 1. The van der Waals surface area contributed by atoms with E-state index in [0.29, 0.717) is 28.1 Å². The largest absolute Gasteiger partial charge is 0.297 e. The van der Waals surface area contributed by atoms with Crippen molar-refractivity contribution in [3.8, 4) is 11.4 Å². The van der Waals surface area contributed by atoms with E-state index in [1.54, 1.807) is 30.3 Å². The number of halogens is 2. The molecular weight excluding hydrogens is 469 g/mol. The third-order valence-corrected chi connectivity index (χ3v) is 7.98. The number of aromatic nitrogens is 3. The van der Waals surface area contributed by atoms with Crippen molar-refractivity contribution in [1.29, 1.82) is 0 Å². The van der Waals surface area contributed by atoms with Crippen LogP contribution in [0.2, 0.25) is 5.02 Å². The van der Waals surface area contributed by atoms with Gasteiger partial charge in [-0.2, -0.15) is 0 Å². The van der Waals surface area contributed by atoms with Crippen molar-refractivity contribution in [2.24, 2.45) is 0 Å². The van der Waals surface area contributed by atoms with Crippen molar-refractivity contribution >= 4 is 33.2 Å². The summed E-state index contributed by atoms with van der Waals surface area (Å²) >= 11 is 7.12. The molecule has 0 spiro atoms. The Labute approximate surface area is 195 Å². The molecule has 0 bridgehead atoms. The molecule has 1 aromatic heterocycles. The molecule has 0 amide bonds. The van der Waals surface area contributed by atoms with Crippen LogP contribution in [0.5, 0.6) is 0 Å². The van der Waals surface area contributed by atoms with Crippen molar-refractivity contribution in [3.63, 3.8) is 0 Å². The van der Waals surface area contributed by atoms with E-state index in [0.717, 1.165) is 5.56 Å². The summed E-state index contributed by atoms with van der Waals surface area (Å²) < 4.78 is 41.5. The number of rotatable bonds is 8. The lowest BCUT2D eigenvalue weighted by Gasteiger charge is -2.11. The van der Waals surface area contributed by atoms with Crippen molar-refractivity contribution in [1.82, 2.24) is 14.8 Å². The van der Waals surface area contributed by atoms with Crippen LogP contribution in [0.15, 0.2) is 88.9 Å². The smallest absolute Gasteiger partial charge is 0.191 e. The van der Waals surface area contributed by atoms with E-state index in [1.165, 1.54) is 30.0 Å². The second-order valence-electron chi connectivity index (χ2n) is 6.98. The lowest BCUT2D eigenvalue weighted by molar-refractivity contribution is 0.597. The van der Waals surface area contributed by atoms with Crippen LogP contribution in [-0.4, -0.2) is 34.7 Å². The normalized spacial score (nSPS) is 11.6. The summed E-state index contributed by atoms with van der Waals surface area (Å²) in [6.45, 7) is 0.434. The fourth-order valence-corrected chi connectivity index (χ4v) is 5.86. The Balaban J connectivity index is 1.58. The molecule has 3 aromatic carbocycles. The molecule has 164 valence electrons. The molecule has 0 aliphatic carbocycles. The van der Waals surface area contributed by atoms with Gasteiger partial charge in [-0.05, 0) is 42.0 Å². The maximum absolute atomic E-state index is 14.5. The minimum atomic E-state index is -3.47. The zero-order valence-corrected chi connectivity index (χ0v) is 19.2. The van der Waals surface area contributed by atoms with Gasteiger partial charge in [-0.15, -0.1) is 10.2 Å². The number of thioether (sulfide) groups is 1. The van der Waals surface area contributed by atoms with Gasteiger partial charge in [0.05, 0.1) is 22.8 Å². The number of nitrogens with zero attached hydrogens (tertiary/aromatic N) is 3. The first-order chi connectivity index (χ1) is 15.4. The molecule has 0 radical (unpaired) electrons. The maximum atomic E-state index is 14.5. The van der Waals surface area contributed by atoms with Gasteiger partial charge in [0.15, 0.2) is 20.8 Å². The number of benzene rings is 3. The minimum Gasteiger partial charge on any atom is -0.297 e. The monoisotopic (exact) mass is 487 g/mol. The average Bonchev–Trinajstić information content (AvgIpc) is 3.17. The first kappa shape index (κ1) is 22.5. The number of hydrogen-bond donors (Lipinski definition) is 0. The van der Waals surface area contributed by atoms with E-state index in [1.807, 2.05) is 34.9 Å². The summed E-state index contributed by atoms with van der Waals surface area (Å²) in [4.78, 5) is 0.222. The summed E-state index contributed by atoms with van der Waals surface area (Å²) in [5.41, 5.74) is 1.34. The zero-order valence-electron chi connectivity index (χ0n) is 16.9. The molecule has 4 rings (SSSR count). The SMILES string of the molecule is O=S(=O)(CCSc1nnc(-c2ccccc2F)n1Cc1ccccc1)c1ccc(Cl)cc1. The molecule has 9 heteroatoms. The van der Waals surface area contributed by atoms with Gasteiger partial charge in [-0.25, -0.2) is 12.8 Å². The molecule has 0 saturated heterocycles. The van der Waals surface area contributed by atoms with Crippen molar-refractivity contribution < 1.29 is 12.8 Å². The van der Waals surface area contributed by atoms with Gasteiger partial charge in [0, 0.05) is 10.8 Å². The van der Waals surface area contributed by atoms with Crippen LogP contribution in [0.25, 0.3) is 11.4 Å². The average molecular weight is 488 g/mol. The topological polar surface area (TPSA) is 64.8 Å². The van der Waals surface area contributed by atoms with E-state index < -0.39 is 15.7 Å². The highest BCUT2D eigenvalue weighted by Crippen LogP contribution is 2.27. The first-order valence-electron chi connectivity index (χ1n) is 9.77. The molecule has 0 aliphatic rings. The fraction of sp³-hybridized carbons (Fsp3) is 0.130. The Morgan fingerprint density at radius 2 is 1.59 bits per heavy atom. The molecule has 0 atom stereocenters. The van der Waals surface area contributed by atoms with Gasteiger partial charge in [0.2, 0.25) is 0 Å². The van der Waals surface area contributed by atoms with Crippen molar-refractivity contribution in [2.45, 2.75) is 16.6 Å². The number of hydrogen-bond acceptors (Lipinski definition) is 5. The highest BCUT2D eigenvalue weighted by Gasteiger charge is 2.19. The van der Waals surface area contributed by atoms with Gasteiger partial charge in [-0.3, -0.25) is 4.57 Å². The molecule has 0 unspecified atom stereocenters. The van der Waals surface area contributed by atoms with Crippen LogP contribution >= 0.6 is 23.4 Å². The van der Waals surface area contributed by atoms with Gasteiger partial charge in [-0.1, -0.05) is 65.8 Å². The Morgan fingerprint density at radius 3 is 2.31 bits per heavy atom. The second-order valence-corrected chi connectivity index (χ2v) is 10.6. The Hall–Kier alpha value is -2.68. The summed E-state index contributed by atoms with van der Waals surface area (Å²) in [5.74, 6) is 0.202. The predicted molar refractivity (Wildman–Crippen MR) is 125 cm³/mol. The molecule has 0 N–H and O–H groups in total. The highest BCUT2D eigenvalue weighted by molar-refractivity contribution is 8.00. The van der Waals surface area contributed by atoms with Crippen LogP contribution in [0, 0.1) is 5.82 Å². The van der Waals surface area contributed by atoms with Crippen LogP contribution in [0.4, 0.5) is 4.39 Å². The summed E-state index contributed by atoms with van der Waals surface area (Å²) in [7, 11) is -3.47. The third-order valence-electron chi connectivity index (χ3n) is 4.77. The van der Waals surface area contributed by atoms with E-state index >= 15 is 0 Å². The molecule has 0 aliphatic heterocycles. The highest BCUT2D eigenvalue weighted by atomic mass is 35.5. The quantitative estimate of drug-likeness (QED) is 0.313. The Bertz CT molecular complexity index is 1310. The molecular formula is C23H19ClFN3O2S2. The molecule has 0 fully saturated rings. The summed E-state index contributed by atoms with van der Waals surface area (Å²) in [5, 5.41) is 9.45. The van der Waals surface area contributed by atoms with Gasteiger partial charge >= 0.3 is 0 Å². The predicted octanol–water partition coefficient (Wildman–Crippen LogP) is 5.35. The van der Waals surface area contributed by atoms with E-state index in [4.69, 9.17) is 11.6 Å². The molecule has 32 heavy (non-hydrogen) atoms. The zero-order chi connectivity index (χ0) is 22.6. The molecule has 4 aromatic rings. The van der Waals surface area contributed by atoms with Crippen LogP contribution in [0.3, 0.4) is 0 Å². The third kappa shape index (κ3) is 5.20. The second kappa shape index (κ2) is 9.85. The van der Waals surface area contributed by atoms with E-state index in [9.17, 15) is 12.8 Å². The molecule has 0 saturated carbocycles. The minimum absolute atomic E-state index is 0.0769.